The lowest BCUT2D eigenvalue weighted by atomic mass is 9.89. The molecule has 2 aromatic carbocycles. The minimum Gasteiger partial charge on any atom is -0.0619 e. The molecule has 4 rings (SSSR count). The minimum absolute atomic E-state index is 0.571. The SMILES string of the molecule is CC1=C(CCC2=C(C)c3ccccc3C2C)C(C)c2ccccc21. The largest absolute Gasteiger partial charge is 0.0619 e. The van der Waals surface area contributed by atoms with Gasteiger partial charge in [0.15, 0.2) is 0 Å². The molecule has 0 N–H and O–H groups in total. The van der Waals surface area contributed by atoms with Crippen LogP contribution in [0.25, 0.3) is 11.1 Å². The van der Waals surface area contributed by atoms with Gasteiger partial charge in [-0.3, -0.25) is 0 Å². The van der Waals surface area contributed by atoms with Gasteiger partial charge in [0.2, 0.25) is 0 Å². The Morgan fingerprint density at radius 1 is 0.625 bits per heavy atom. The monoisotopic (exact) mass is 314 g/mol. The molecule has 0 bridgehead atoms. The van der Waals surface area contributed by atoms with Gasteiger partial charge in [0.25, 0.3) is 0 Å². The Labute approximate surface area is 145 Å². The van der Waals surface area contributed by atoms with Crippen molar-refractivity contribution in [2.24, 2.45) is 0 Å². The maximum Gasteiger partial charge on any atom is 0.00319 e. The van der Waals surface area contributed by atoms with Crippen molar-refractivity contribution in [3.63, 3.8) is 0 Å². The lowest BCUT2D eigenvalue weighted by molar-refractivity contribution is 0.768. The standard InChI is InChI=1S/C24H26/c1-15-19(16(2)22-10-6-5-9-21(15)22)13-14-20-17(3)23-11-7-8-12-24(23)18(20)4/h5-12,15,17H,13-14H2,1-4H3. The molecule has 0 nitrogen and oxygen atoms in total. The van der Waals surface area contributed by atoms with E-state index in [1.54, 1.807) is 11.1 Å². The molecular formula is C24H26. The lowest BCUT2D eigenvalue weighted by Crippen LogP contribution is -1.98. The van der Waals surface area contributed by atoms with Crippen molar-refractivity contribution >= 4 is 11.1 Å². The van der Waals surface area contributed by atoms with Crippen molar-refractivity contribution in [3.8, 4) is 0 Å². The molecule has 2 atom stereocenters. The van der Waals surface area contributed by atoms with E-state index in [9.17, 15) is 0 Å². The number of allylic oxidation sites excluding steroid dienone is 4. The van der Waals surface area contributed by atoms with Crippen molar-refractivity contribution in [2.45, 2.75) is 52.4 Å². The zero-order valence-corrected chi connectivity index (χ0v) is 15.2. The van der Waals surface area contributed by atoms with Crippen LogP contribution in [0, 0.1) is 0 Å². The summed E-state index contributed by atoms with van der Waals surface area (Å²) in [7, 11) is 0. The molecule has 2 aromatic rings. The van der Waals surface area contributed by atoms with Crippen molar-refractivity contribution in [1.29, 1.82) is 0 Å². The summed E-state index contributed by atoms with van der Waals surface area (Å²) in [4.78, 5) is 0. The van der Waals surface area contributed by atoms with E-state index in [0.29, 0.717) is 11.8 Å². The Morgan fingerprint density at radius 3 is 1.38 bits per heavy atom. The molecule has 0 saturated heterocycles. The van der Waals surface area contributed by atoms with E-state index in [-0.39, 0.29) is 0 Å². The Hall–Kier alpha value is -2.08. The highest BCUT2D eigenvalue weighted by Gasteiger charge is 2.28. The van der Waals surface area contributed by atoms with E-state index >= 15 is 0 Å². The van der Waals surface area contributed by atoms with Crippen molar-refractivity contribution in [1.82, 2.24) is 0 Å². The third-order valence-electron chi connectivity index (χ3n) is 6.34. The van der Waals surface area contributed by atoms with Gasteiger partial charge in [0.05, 0.1) is 0 Å². The number of fused-ring (bicyclic) bond motifs is 2. The highest BCUT2D eigenvalue weighted by Crippen LogP contribution is 2.47. The van der Waals surface area contributed by atoms with Crippen LogP contribution in [0.4, 0.5) is 0 Å². The second-order valence-electron chi connectivity index (χ2n) is 7.42. The highest BCUT2D eigenvalue weighted by atomic mass is 14.3. The summed E-state index contributed by atoms with van der Waals surface area (Å²) in [6.45, 7) is 9.37. The fraction of sp³-hybridized carbons (Fsp3) is 0.333. The van der Waals surface area contributed by atoms with Crippen molar-refractivity contribution in [2.75, 3.05) is 0 Å². The van der Waals surface area contributed by atoms with E-state index in [0.717, 1.165) is 0 Å². The Morgan fingerprint density at radius 2 is 1.00 bits per heavy atom. The summed E-state index contributed by atoms with van der Waals surface area (Å²) in [5.41, 5.74) is 12.3. The fourth-order valence-electron chi connectivity index (χ4n) is 4.88. The minimum atomic E-state index is 0.571. The first-order valence-electron chi connectivity index (χ1n) is 9.17. The first-order chi connectivity index (χ1) is 11.6. The average molecular weight is 314 g/mol. The summed E-state index contributed by atoms with van der Waals surface area (Å²) < 4.78 is 0. The van der Waals surface area contributed by atoms with Crippen LogP contribution in [0.5, 0.6) is 0 Å². The van der Waals surface area contributed by atoms with Crippen LogP contribution in [0.2, 0.25) is 0 Å². The van der Waals surface area contributed by atoms with Gasteiger partial charge in [-0.1, -0.05) is 73.5 Å². The molecule has 0 aromatic heterocycles. The van der Waals surface area contributed by atoms with Gasteiger partial charge in [0, 0.05) is 11.8 Å². The van der Waals surface area contributed by atoms with Crippen LogP contribution in [0.1, 0.15) is 74.6 Å². The van der Waals surface area contributed by atoms with Crippen molar-refractivity contribution < 1.29 is 0 Å². The molecule has 0 saturated carbocycles. The van der Waals surface area contributed by atoms with E-state index in [2.05, 4.69) is 76.2 Å². The predicted molar refractivity (Wildman–Crippen MR) is 104 cm³/mol. The Kier molecular flexibility index (Phi) is 3.72. The molecule has 2 aliphatic carbocycles. The molecule has 0 amide bonds. The van der Waals surface area contributed by atoms with Crippen LogP contribution in [0.15, 0.2) is 59.7 Å². The number of hydrogen-bond acceptors (Lipinski definition) is 0. The van der Waals surface area contributed by atoms with Gasteiger partial charge >= 0.3 is 0 Å². The van der Waals surface area contributed by atoms with E-state index in [4.69, 9.17) is 0 Å². The average Bonchev–Trinajstić information content (AvgIpc) is 3.00. The summed E-state index contributed by atoms with van der Waals surface area (Å²) in [5.74, 6) is 1.14. The normalized spacial score (nSPS) is 22.2. The van der Waals surface area contributed by atoms with Gasteiger partial charge in [-0.25, -0.2) is 0 Å². The molecule has 0 radical (unpaired) electrons. The van der Waals surface area contributed by atoms with Crippen LogP contribution in [0.3, 0.4) is 0 Å². The van der Waals surface area contributed by atoms with Crippen LogP contribution >= 0.6 is 0 Å². The van der Waals surface area contributed by atoms with Gasteiger partial charge in [-0.05, 0) is 60.1 Å². The maximum atomic E-state index is 2.37. The Bertz CT molecular complexity index is 790. The molecular weight excluding hydrogens is 288 g/mol. The van der Waals surface area contributed by atoms with Crippen LogP contribution < -0.4 is 0 Å². The summed E-state index contributed by atoms with van der Waals surface area (Å²) in [5, 5.41) is 0. The quantitative estimate of drug-likeness (QED) is 0.575. The van der Waals surface area contributed by atoms with E-state index in [1.165, 1.54) is 46.2 Å². The first kappa shape index (κ1) is 15.4. The predicted octanol–water partition coefficient (Wildman–Crippen LogP) is 6.95. The zero-order valence-electron chi connectivity index (χ0n) is 15.2. The number of benzene rings is 2. The number of hydrogen-bond donors (Lipinski definition) is 0. The zero-order chi connectivity index (χ0) is 16.8. The molecule has 122 valence electrons. The molecule has 0 heteroatoms. The Balaban J connectivity index is 1.59. The maximum absolute atomic E-state index is 2.37. The topological polar surface area (TPSA) is 0 Å². The van der Waals surface area contributed by atoms with Crippen LogP contribution in [-0.2, 0) is 0 Å². The molecule has 0 heterocycles. The molecule has 0 aliphatic heterocycles. The number of rotatable bonds is 3. The smallest absolute Gasteiger partial charge is 0.00319 e. The fourth-order valence-corrected chi connectivity index (χ4v) is 4.88. The van der Waals surface area contributed by atoms with Gasteiger partial charge in [-0.2, -0.15) is 0 Å². The van der Waals surface area contributed by atoms with Crippen molar-refractivity contribution in [3.05, 3.63) is 81.9 Å². The summed E-state index contributed by atoms with van der Waals surface area (Å²) in [6, 6.07) is 17.9. The van der Waals surface area contributed by atoms with Gasteiger partial charge in [0.1, 0.15) is 0 Å². The van der Waals surface area contributed by atoms with Gasteiger partial charge in [-0.15, -0.1) is 0 Å². The third kappa shape index (κ3) is 2.20. The molecule has 0 fully saturated rings. The lowest BCUT2D eigenvalue weighted by Gasteiger charge is -2.15. The summed E-state index contributed by atoms with van der Waals surface area (Å²) in [6.07, 6.45) is 2.37. The second-order valence-corrected chi connectivity index (χ2v) is 7.42. The molecule has 2 unspecified atom stereocenters. The molecule has 2 aliphatic rings. The second kappa shape index (κ2) is 5.77. The molecule has 0 spiro atoms. The molecule has 24 heavy (non-hydrogen) atoms. The van der Waals surface area contributed by atoms with Crippen LogP contribution in [-0.4, -0.2) is 0 Å². The first-order valence-corrected chi connectivity index (χ1v) is 9.17. The van der Waals surface area contributed by atoms with E-state index < -0.39 is 0 Å². The summed E-state index contributed by atoms with van der Waals surface area (Å²) >= 11 is 0. The van der Waals surface area contributed by atoms with E-state index in [1.807, 2.05) is 0 Å². The third-order valence-corrected chi connectivity index (χ3v) is 6.34. The van der Waals surface area contributed by atoms with Gasteiger partial charge < -0.3 is 0 Å². The highest BCUT2D eigenvalue weighted by molar-refractivity contribution is 5.78.